The molecule has 0 radical (unpaired) electrons. The van der Waals surface area contributed by atoms with Crippen LogP contribution in [-0.4, -0.2) is 44.8 Å². The lowest BCUT2D eigenvalue weighted by Crippen LogP contribution is -2.36. The molecule has 250 valence electrons. The van der Waals surface area contributed by atoms with Gasteiger partial charge < -0.3 is 16.0 Å². The Labute approximate surface area is 275 Å². The number of unbranched alkanes of at least 4 members (excludes halogenated alkanes) is 14. The molecule has 45 heavy (non-hydrogen) atoms. The van der Waals surface area contributed by atoms with Crippen molar-refractivity contribution in [3.8, 4) is 11.4 Å². The van der Waals surface area contributed by atoms with Gasteiger partial charge in [-0.25, -0.2) is 9.78 Å². The first-order valence-corrected chi connectivity index (χ1v) is 17.6. The van der Waals surface area contributed by atoms with Crippen molar-refractivity contribution in [2.45, 2.75) is 136 Å². The van der Waals surface area contributed by atoms with Crippen LogP contribution in [0.2, 0.25) is 5.02 Å². The van der Waals surface area contributed by atoms with Gasteiger partial charge in [0, 0.05) is 36.2 Å². The fourth-order valence-electron chi connectivity index (χ4n) is 5.45. The van der Waals surface area contributed by atoms with E-state index in [4.69, 9.17) is 11.6 Å². The third kappa shape index (κ3) is 13.1. The van der Waals surface area contributed by atoms with E-state index in [1.165, 1.54) is 83.5 Å². The third-order valence-electron chi connectivity index (χ3n) is 8.11. The van der Waals surface area contributed by atoms with E-state index >= 15 is 0 Å². The van der Waals surface area contributed by atoms with Gasteiger partial charge in [-0.15, -0.1) is 5.10 Å². The SMILES string of the molecule is CCCCCCCCCCCCCCCCCC(=O)NCCNC(=O)Nc1cccc(-c2nc3c(Cl)c(C(C)(C)C)[nH]n3n2)c1. The minimum absolute atomic E-state index is 0.0399. The summed E-state index contributed by atoms with van der Waals surface area (Å²) in [5.74, 6) is 0.544. The molecule has 0 bridgehead atoms. The first-order valence-electron chi connectivity index (χ1n) is 17.3. The Bertz CT molecular complexity index is 1310. The molecule has 2 heterocycles. The minimum Gasteiger partial charge on any atom is -0.354 e. The van der Waals surface area contributed by atoms with Crippen LogP contribution < -0.4 is 16.0 Å². The van der Waals surface area contributed by atoms with E-state index in [1.54, 1.807) is 10.7 Å². The summed E-state index contributed by atoms with van der Waals surface area (Å²) in [4.78, 5) is 29.2. The lowest BCUT2D eigenvalue weighted by Gasteiger charge is -2.16. The second-order valence-corrected chi connectivity index (χ2v) is 13.6. The van der Waals surface area contributed by atoms with Crippen molar-refractivity contribution in [3.63, 3.8) is 0 Å². The van der Waals surface area contributed by atoms with Crippen molar-refractivity contribution >= 4 is 34.9 Å². The van der Waals surface area contributed by atoms with Crippen molar-refractivity contribution in [1.82, 2.24) is 30.4 Å². The van der Waals surface area contributed by atoms with Gasteiger partial charge in [-0.1, -0.05) is 141 Å². The largest absolute Gasteiger partial charge is 0.354 e. The number of nitrogens with one attached hydrogen (secondary N) is 4. The molecular formula is C35H56ClN7O2. The molecular weight excluding hydrogens is 586 g/mol. The second kappa shape index (κ2) is 19.4. The van der Waals surface area contributed by atoms with Gasteiger partial charge in [0.15, 0.2) is 11.5 Å². The predicted molar refractivity (Wildman–Crippen MR) is 186 cm³/mol. The molecule has 3 rings (SSSR count). The molecule has 4 N–H and O–H groups in total. The normalized spacial score (nSPS) is 11.7. The second-order valence-electron chi connectivity index (χ2n) is 13.2. The number of carbonyl (C=O) groups excluding carboxylic acids is 2. The van der Waals surface area contributed by atoms with Gasteiger partial charge in [-0.05, 0) is 18.6 Å². The summed E-state index contributed by atoms with van der Waals surface area (Å²) in [5, 5.41) is 16.8. The molecule has 0 aliphatic heterocycles. The predicted octanol–water partition coefficient (Wildman–Crippen LogP) is 9.17. The third-order valence-corrected chi connectivity index (χ3v) is 8.47. The number of anilines is 1. The lowest BCUT2D eigenvalue weighted by molar-refractivity contribution is -0.121. The Balaban J connectivity index is 1.21. The van der Waals surface area contributed by atoms with Gasteiger partial charge in [0.2, 0.25) is 5.91 Å². The maximum absolute atomic E-state index is 12.4. The molecule has 0 spiro atoms. The molecule has 9 nitrogen and oxygen atoms in total. The number of halogens is 1. The molecule has 0 aliphatic carbocycles. The number of amides is 3. The van der Waals surface area contributed by atoms with E-state index < -0.39 is 0 Å². The Morgan fingerprint density at radius 1 is 0.844 bits per heavy atom. The fourth-order valence-corrected chi connectivity index (χ4v) is 5.90. The van der Waals surface area contributed by atoms with Crippen LogP contribution in [0.1, 0.15) is 136 Å². The summed E-state index contributed by atoms with van der Waals surface area (Å²) in [7, 11) is 0. The number of hydrogen-bond acceptors (Lipinski definition) is 4. The monoisotopic (exact) mass is 641 g/mol. The molecule has 2 aromatic heterocycles. The van der Waals surface area contributed by atoms with Crippen molar-refractivity contribution in [1.29, 1.82) is 0 Å². The van der Waals surface area contributed by atoms with Crippen LogP contribution in [-0.2, 0) is 10.2 Å². The number of fused-ring (bicyclic) bond motifs is 1. The Morgan fingerprint density at radius 2 is 1.42 bits per heavy atom. The van der Waals surface area contributed by atoms with Crippen LogP contribution in [0.4, 0.5) is 10.5 Å². The molecule has 0 fully saturated rings. The van der Waals surface area contributed by atoms with Crippen LogP contribution in [0, 0.1) is 0 Å². The number of rotatable bonds is 21. The zero-order valence-electron chi connectivity index (χ0n) is 28.1. The fraction of sp³-hybridized carbons (Fsp3) is 0.657. The molecule has 0 atom stereocenters. The highest BCUT2D eigenvalue weighted by Gasteiger charge is 2.24. The summed E-state index contributed by atoms with van der Waals surface area (Å²) in [6.07, 6.45) is 20.2. The van der Waals surface area contributed by atoms with E-state index in [1.807, 2.05) is 18.2 Å². The first-order chi connectivity index (χ1) is 21.7. The summed E-state index contributed by atoms with van der Waals surface area (Å²) < 4.78 is 1.58. The van der Waals surface area contributed by atoms with E-state index in [9.17, 15) is 9.59 Å². The summed E-state index contributed by atoms with van der Waals surface area (Å²) in [6, 6.07) is 6.98. The highest BCUT2D eigenvalue weighted by atomic mass is 35.5. The van der Waals surface area contributed by atoms with Gasteiger partial charge >= 0.3 is 6.03 Å². The average molecular weight is 642 g/mol. The quantitative estimate of drug-likeness (QED) is 0.0868. The molecule has 10 heteroatoms. The van der Waals surface area contributed by atoms with Gasteiger partial charge in [0.1, 0.15) is 5.02 Å². The van der Waals surface area contributed by atoms with Crippen molar-refractivity contribution in [2.24, 2.45) is 0 Å². The van der Waals surface area contributed by atoms with E-state index in [2.05, 4.69) is 58.8 Å². The van der Waals surface area contributed by atoms with E-state index in [-0.39, 0.29) is 17.4 Å². The van der Waals surface area contributed by atoms with E-state index in [0.29, 0.717) is 41.7 Å². The van der Waals surface area contributed by atoms with Crippen molar-refractivity contribution in [2.75, 3.05) is 18.4 Å². The number of aromatic amines is 1. The number of benzene rings is 1. The summed E-state index contributed by atoms with van der Waals surface area (Å²) in [5.41, 5.74) is 2.64. The molecule has 3 aromatic rings. The average Bonchev–Trinajstić information content (AvgIpc) is 3.57. The number of carbonyl (C=O) groups is 2. The highest BCUT2D eigenvalue weighted by molar-refractivity contribution is 6.34. The molecule has 0 saturated heterocycles. The zero-order valence-corrected chi connectivity index (χ0v) is 28.8. The summed E-state index contributed by atoms with van der Waals surface area (Å²) >= 11 is 6.56. The minimum atomic E-state index is -0.341. The molecule has 1 aromatic carbocycles. The maximum Gasteiger partial charge on any atom is 0.319 e. The number of aromatic nitrogens is 4. The number of nitrogens with zero attached hydrogens (tertiary/aromatic N) is 3. The standard InChI is InChI=1S/C35H56ClN7O2/c1-5-6-7-8-9-10-11-12-13-14-15-16-17-18-19-23-29(44)37-24-25-38-34(45)39-28-22-20-21-27(26-28)32-40-33-30(36)31(35(2,3)4)41-43(33)42-32/h20-22,26,41H,5-19,23-25H2,1-4H3,(H,37,44)(H2,38,39,45). The van der Waals surface area contributed by atoms with Crippen LogP contribution in [0.3, 0.4) is 0 Å². The smallest absolute Gasteiger partial charge is 0.319 e. The number of H-pyrrole nitrogens is 1. The first kappa shape index (κ1) is 36.4. The highest BCUT2D eigenvalue weighted by Crippen LogP contribution is 2.32. The van der Waals surface area contributed by atoms with Crippen LogP contribution in [0.25, 0.3) is 17.0 Å². The molecule has 0 saturated carbocycles. The molecule has 3 amide bonds. The Hall–Kier alpha value is -3.07. The van der Waals surface area contributed by atoms with Crippen LogP contribution >= 0.6 is 11.6 Å². The van der Waals surface area contributed by atoms with Gasteiger partial charge in [-0.3, -0.25) is 9.89 Å². The number of urea groups is 1. The van der Waals surface area contributed by atoms with Gasteiger partial charge in [0.25, 0.3) is 0 Å². The van der Waals surface area contributed by atoms with Gasteiger partial charge in [-0.2, -0.15) is 4.63 Å². The lowest BCUT2D eigenvalue weighted by atomic mass is 9.92. The van der Waals surface area contributed by atoms with Crippen molar-refractivity contribution in [3.05, 3.63) is 35.0 Å². The summed E-state index contributed by atoms with van der Waals surface area (Å²) in [6.45, 7) is 9.22. The molecule has 0 aliphatic rings. The van der Waals surface area contributed by atoms with E-state index in [0.717, 1.165) is 24.1 Å². The van der Waals surface area contributed by atoms with Crippen LogP contribution in [0.15, 0.2) is 24.3 Å². The molecule has 0 unspecified atom stereocenters. The van der Waals surface area contributed by atoms with Crippen LogP contribution in [0.5, 0.6) is 0 Å². The van der Waals surface area contributed by atoms with Crippen molar-refractivity contribution < 1.29 is 9.59 Å². The Kier molecular flexibility index (Phi) is 15.7. The number of hydrogen-bond donors (Lipinski definition) is 4. The maximum atomic E-state index is 12.4. The topological polar surface area (TPSA) is 116 Å². The zero-order chi connectivity index (χ0) is 32.5. The Morgan fingerprint density at radius 3 is 2.00 bits per heavy atom. The van der Waals surface area contributed by atoms with Gasteiger partial charge in [0.05, 0.1) is 5.69 Å².